The van der Waals surface area contributed by atoms with Crippen molar-refractivity contribution in [2.75, 3.05) is 13.2 Å². The van der Waals surface area contributed by atoms with E-state index in [9.17, 15) is 14.0 Å². The van der Waals surface area contributed by atoms with Crippen molar-refractivity contribution in [3.8, 4) is 11.5 Å². The number of hydrogen-bond acceptors (Lipinski definition) is 6. The van der Waals surface area contributed by atoms with Gasteiger partial charge >= 0.3 is 5.97 Å². The average molecular weight is 646 g/mol. The fraction of sp³-hybridized carbons (Fsp3) is 0.179. The second-order valence-electron chi connectivity index (χ2n) is 8.05. The van der Waals surface area contributed by atoms with Gasteiger partial charge in [-0.2, -0.15) is 0 Å². The SMILES string of the molecule is CCOc1cc(C=C2SC(=Nc3ccc(C(=O)O)cc3)N(CC)C2=O)cc(I)c1OCc1ccccc1F. The van der Waals surface area contributed by atoms with Crippen LogP contribution in [-0.4, -0.2) is 40.2 Å². The summed E-state index contributed by atoms with van der Waals surface area (Å²) < 4.78 is 26.6. The Labute approximate surface area is 237 Å². The van der Waals surface area contributed by atoms with E-state index in [2.05, 4.69) is 27.6 Å². The third-order valence-corrected chi connectivity index (χ3v) is 7.31. The number of carboxylic acid groups (broad SMARTS) is 1. The van der Waals surface area contributed by atoms with Crippen LogP contribution in [0, 0.1) is 9.39 Å². The molecule has 0 radical (unpaired) electrons. The molecule has 3 aromatic rings. The van der Waals surface area contributed by atoms with Crippen molar-refractivity contribution in [2.24, 2.45) is 4.99 Å². The minimum Gasteiger partial charge on any atom is -0.490 e. The summed E-state index contributed by atoms with van der Waals surface area (Å²) in [6, 6.07) is 16.3. The molecule has 0 aliphatic carbocycles. The van der Waals surface area contributed by atoms with Crippen LogP contribution in [0.3, 0.4) is 0 Å². The summed E-state index contributed by atoms with van der Waals surface area (Å²) in [5.74, 6) is -0.524. The molecular formula is C28H24FIN2O5S. The first-order chi connectivity index (χ1) is 18.3. The van der Waals surface area contributed by atoms with E-state index in [0.717, 1.165) is 9.13 Å². The lowest BCUT2D eigenvalue weighted by molar-refractivity contribution is -0.122. The van der Waals surface area contributed by atoms with E-state index in [1.807, 2.05) is 19.9 Å². The second-order valence-corrected chi connectivity index (χ2v) is 10.2. The van der Waals surface area contributed by atoms with Gasteiger partial charge in [-0.25, -0.2) is 14.2 Å². The molecule has 1 amide bonds. The third-order valence-electron chi connectivity index (χ3n) is 5.50. The van der Waals surface area contributed by atoms with Gasteiger partial charge in [-0.05, 0) is 102 Å². The number of amidine groups is 1. The van der Waals surface area contributed by atoms with Crippen LogP contribution in [0.15, 0.2) is 70.6 Å². The van der Waals surface area contributed by atoms with Gasteiger partial charge in [0.25, 0.3) is 5.91 Å². The van der Waals surface area contributed by atoms with Crippen LogP contribution in [0.25, 0.3) is 6.08 Å². The molecule has 1 aliphatic rings. The monoisotopic (exact) mass is 646 g/mol. The predicted octanol–water partition coefficient (Wildman–Crippen LogP) is 6.73. The van der Waals surface area contributed by atoms with Crippen LogP contribution in [0.5, 0.6) is 11.5 Å². The van der Waals surface area contributed by atoms with Crippen LogP contribution in [0.1, 0.15) is 35.3 Å². The molecule has 0 saturated carbocycles. The standard InChI is InChI=1S/C28H24FIN2O5S/c1-3-32-26(33)24(38-28(32)31-20-11-9-18(10-12-20)27(34)35)15-17-13-22(30)25(23(14-17)36-4-2)37-16-19-7-5-6-8-21(19)29/h5-15H,3-4,16H2,1-2H3,(H,34,35). The van der Waals surface area contributed by atoms with Crippen molar-refractivity contribution in [2.45, 2.75) is 20.5 Å². The first-order valence-electron chi connectivity index (χ1n) is 11.8. The number of carbonyl (C=O) groups is 2. The number of benzene rings is 3. The molecule has 0 bridgehead atoms. The molecule has 1 fully saturated rings. The quantitative estimate of drug-likeness (QED) is 0.205. The molecule has 38 heavy (non-hydrogen) atoms. The van der Waals surface area contributed by atoms with Gasteiger partial charge in [-0.3, -0.25) is 9.69 Å². The smallest absolute Gasteiger partial charge is 0.335 e. The Morgan fingerprint density at radius 2 is 1.87 bits per heavy atom. The summed E-state index contributed by atoms with van der Waals surface area (Å²) in [4.78, 5) is 30.9. The number of thioether (sulfide) groups is 1. The number of carbonyl (C=O) groups excluding carboxylic acids is 1. The molecule has 0 atom stereocenters. The van der Waals surface area contributed by atoms with E-state index in [1.165, 1.54) is 30.0 Å². The highest BCUT2D eigenvalue weighted by Gasteiger charge is 2.32. The van der Waals surface area contributed by atoms with E-state index in [4.69, 9.17) is 14.6 Å². The number of aromatic carboxylic acids is 1. The molecule has 0 aromatic heterocycles. The van der Waals surface area contributed by atoms with Crippen LogP contribution in [0.2, 0.25) is 0 Å². The molecule has 3 aromatic carbocycles. The Morgan fingerprint density at radius 1 is 1.13 bits per heavy atom. The summed E-state index contributed by atoms with van der Waals surface area (Å²) in [5, 5.41) is 9.61. The molecule has 1 saturated heterocycles. The summed E-state index contributed by atoms with van der Waals surface area (Å²) in [7, 11) is 0. The maximum atomic E-state index is 14.1. The highest BCUT2D eigenvalue weighted by atomic mass is 127. The van der Waals surface area contributed by atoms with Gasteiger partial charge in [0.05, 0.1) is 26.3 Å². The molecule has 196 valence electrons. The van der Waals surface area contributed by atoms with Crippen LogP contribution >= 0.6 is 34.4 Å². The highest BCUT2D eigenvalue weighted by molar-refractivity contribution is 14.1. The van der Waals surface area contributed by atoms with Gasteiger partial charge in [0.15, 0.2) is 16.7 Å². The van der Waals surface area contributed by atoms with Crippen LogP contribution < -0.4 is 9.47 Å². The zero-order valence-electron chi connectivity index (χ0n) is 20.6. The number of rotatable bonds is 9. The third kappa shape index (κ3) is 6.36. The lowest BCUT2D eigenvalue weighted by atomic mass is 10.1. The Bertz CT molecular complexity index is 1430. The number of nitrogens with zero attached hydrogens (tertiary/aromatic N) is 2. The van der Waals surface area contributed by atoms with Crippen molar-refractivity contribution >= 4 is 63.2 Å². The van der Waals surface area contributed by atoms with Gasteiger partial charge < -0.3 is 14.6 Å². The van der Waals surface area contributed by atoms with Gasteiger partial charge in [-0.15, -0.1) is 0 Å². The van der Waals surface area contributed by atoms with Crippen LogP contribution in [-0.2, 0) is 11.4 Å². The molecule has 0 spiro atoms. The van der Waals surface area contributed by atoms with E-state index in [1.54, 1.807) is 47.4 Å². The van der Waals surface area contributed by atoms with E-state index in [0.29, 0.717) is 46.0 Å². The van der Waals surface area contributed by atoms with Gasteiger partial charge in [-0.1, -0.05) is 18.2 Å². The second kappa shape index (κ2) is 12.4. The van der Waals surface area contributed by atoms with Crippen LogP contribution in [0.4, 0.5) is 10.1 Å². The molecule has 10 heteroatoms. The zero-order valence-corrected chi connectivity index (χ0v) is 23.6. The average Bonchev–Trinajstić information content (AvgIpc) is 3.18. The molecule has 4 rings (SSSR count). The maximum Gasteiger partial charge on any atom is 0.335 e. The Kier molecular flexibility index (Phi) is 9.05. The molecular weight excluding hydrogens is 622 g/mol. The number of carboxylic acids is 1. The summed E-state index contributed by atoms with van der Waals surface area (Å²) in [6.45, 7) is 4.61. The fourth-order valence-corrected chi connectivity index (χ4v) is 5.49. The number of hydrogen-bond donors (Lipinski definition) is 1. The number of amides is 1. The summed E-state index contributed by atoms with van der Waals surface area (Å²) in [5.41, 5.74) is 1.90. The molecule has 0 unspecified atom stereocenters. The summed E-state index contributed by atoms with van der Waals surface area (Å²) in [6.07, 6.45) is 1.77. The highest BCUT2D eigenvalue weighted by Crippen LogP contribution is 2.38. The predicted molar refractivity (Wildman–Crippen MR) is 155 cm³/mol. The van der Waals surface area contributed by atoms with Crippen molar-refractivity contribution in [1.82, 2.24) is 4.90 Å². The Hall–Kier alpha value is -3.38. The fourth-order valence-electron chi connectivity index (χ4n) is 3.65. The van der Waals surface area contributed by atoms with Crippen molar-refractivity contribution in [3.63, 3.8) is 0 Å². The normalized spacial score (nSPS) is 15.4. The number of ether oxygens (including phenoxy) is 2. The molecule has 1 N–H and O–H groups in total. The lowest BCUT2D eigenvalue weighted by Gasteiger charge is -2.15. The van der Waals surface area contributed by atoms with Gasteiger partial charge in [0.2, 0.25) is 0 Å². The Balaban J connectivity index is 1.60. The first kappa shape index (κ1) is 27.6. The van der Waals surface area contributed by atoms with Crippen molar-refractivity contribution in [1.29, 1.82) is 0 Å². The topological polar surface area (TPSA) is 88.4 Å². The zero-order chi connectivity index (χ0) is 27.2. The maximum absolute atomic E-state index is 14.1. The van der Waals surface area contributed by atoms with Crippen molar-refractivity contribution < 1.29 is 28.6 Å². The van der Waals surface area contributed by atoms with Crippen molar-refractivity contribution in [3.05, 3.63) is 91.6 Å². The Morgan fingerprint density at radius 3 is 2.53 bits per heavy atom. The van der Waals surface area contributed by atoms with Gasteiger partial charge in [0, 0.05) is 12.1 Å². The minimum atomic E-state index is -1.01. The van der Waals surface area contributed by atoms with E-state index in [-0.39, 0.29) is 23.9 Å². The molecule has 1 aliphatic heterocycles. The van der Waals surface area contributed by atoms with E-state index >= 15 is 0 Å². The molecule has 7 nitrogen and oxygen atoms in total. The lowest BCUT2D eigenvalue weighted by Crippen LogP contribution is -2.28. The number of aliphatic imine (C=N–C) groups is 1. The van der Waals surface area contributed by atoms with Gasteiger partial charge in [0.1, 0.15) is 12.4 Å². The van der Waals surface area contributed by atoms with E-state index < -0.39 is 5.97 Å². The number of halogens is 2. The number of likely N-dealkylation sites (N-methyl/N-ethyl adjacent to an activating group) is 1. The molecule has 1 heterocycles. The summed E-state index contributed by atoms with van der Waals surface area (Å²) >= 11 is 3.38. The minimum absolute atomic E-state index is 0.0518. The largest absolute Gasteiger partial charge is 0.490 e. The first-order valence-corrected chi connectivity index (χ1v) is 13.7.